The number of thiol groups is 1. The first-order valence-corrected chi connectivity index (χ1v) is 6.89. The van der Waals surface area contributed by atoms with Crippen LogP contribution in [0.25, 0.3) is 0 Å². The van der Waals surface area contributed by atoms with Crippen LogP contribution in [-0.4, -0.2) is 36.6 Å². The van der Waals surface area contributed by atoms with Crippen molar-refractivity contribution in [3.05, 3.63) is 12.8 Å². The van der Waals surface area contributed by atoms with Crippen molar-refractivity contribution in [2.45, 2.75) is 13.8 Å². The van der Waals surface area contributed by atoms with Gasteiger partial charge in [-0.15, -0.1) is 0 Å². The molecule has 0 unspecified atom stereocenters. The van der Waals surface area contributed by atoms with Crippen molar-refractivity contribution in [3.8, 4) is 0 Å². The van der Waals surface area contributed by atoms with Gasteiger partial charge < -0.3 is 10.6 Å². The van der Waals surface area contributed by atoms with E-state index in [-0.39, 0.29) is 11.8 Å². The summed E-state index contributed by atoms with van der Waals surface area (Å²) in [6.07, 6.45) is 5.06. The van der Waals surface area contributed by atoms with E-state index in [1.807, 2.05) is 6.26 Å². The van der Waals surface area contributed by atoms with Crippen LogP contribution in [0.5, 0.6) is 0 Å². The Kier molecular flexibility index (Phi) is 25.8. The fraction of sp³-hybridized carbons (Fsp3) is 0.600. The smallest absolute Gasteiger partial charge is 0.220 e. The van der Waals surface area contributed by atoms with Gasteiger partial charge in [0.05, 0.1) is 0 Å². The number of hydrogen-bond acceptors (Lipinski definition) is 4. The molecule has 2 amide bonds. The largest absolute Gasteiger partial charge is 0.356 e. The van der Waals surface area contributed by atoms with Gasteiger partial charge in [-0.1, -0.05) is 6.58 Å². The Hall–Kier alpha value is -0.620. The van der Waals surface area contributed by atoms with E-state index >= 15 is 0 Å². The molecule has 0 radical (unpaired) electrons. The van der Waals surface area contributed by atoms with Gasteiger partial charge in [0.15, 0.2) is 0 Å². The number of amides is 2. The van der Waals surface area contributed by atoms with E-state index in [4.69, 9.17) is 0 Å². The number of carbonyl (C=O) groups excluding carboxylic acids is 2. The normalized spacial score (nSPS) is 7.31. The van der Waals surface area contributed by atoms with Crippen LogP contribution in [0.4, 0.5) is 0 Å². The Balaban J connectivity index is -0.000000188. The second-order valence-electron chi connectivity index (χ2n) is 2.38. The molecule has 0 atom stereocenters. The molecule has 0 aliphatic carbocycles. The molecule has 0 heterocycles. The van der Waals surface area contributed by atoms with Crippen LogP contribution in [0.15, 0.2) is 12.8 Å². The molecule has 0 bridgehead atoms. The molecular weight excluding hydrogens is 244 g/mol. The number of hydrogen-bond donors (Lipinski definition) is 3. The summed E-state index contributed by atoms with van der Waals surface area (Å²) >= 11 is 5.26. The summed E-state index contributed by atoms with van der Waals surface area (Å²) in [6, 6.07) is 0. The molecule has 0 rings (SSSR count). The van der Waals surface area contributed by atoms with Crippen molar-refractivity contribution < 1.29 is 9.59 Å². The molecule has 0 saturated heterocycles. The zero-order valence-electron chi connectivity index (χ0n) is 10.4. The molecule has 0 aromatic rings. The highest BCUT2D eigenvalue weighted by Crippen LogP contribution is 1.86. The van der Waals surface area contributed by atoms with Gasteiger partial charge in [0.25, 0.3) is 0 Å². The van der Waals surface area contributed by atoms with Crippen LogP contribution < -0.4 is 10.6 Å². The maximum atomic E-state index is 10.2. The molecule has 16 heavy (non-hydrogen) atoms. The van der Waals surface area contributed by atoms with Crippen molar-refractivity contribution >= 4 is 36.2 Å². The van der Waals surface area contributed by atoms with Crippen molar-refractivity contribution in [3.63, 3.8) is 0 Å². The molecule has 96 valence electrons. The second kappa shape index (κ2) is 19.9. The Morgan fingerprint density at radius 1 is 1.31 bits per heavy atom. The maximum absolute atomic E-state index is 10.2. The molecule has 6 heteroatoms. The highest BCUT2D eigenvalue weighted by Gasteiger charge is 1.86. The third-order valence-electron chi connectivity index (χ3n) is 0.985. The average Bonchev–Trinajstić information content (AvgIpc) is 2.21. The lowest BCUT2D eigenvalue weighted by Crippen LogP contribution is -2.22. The Morgan fingerprint density at radius 2 is 1.81 bits per heavy atom. The summed E-state index contributed by atoms with van der Waals surface area (Å²) in [5.41, 5.74) is 0. The second-order valence-corrected chi connectivity index (χ2v) is 3.37. The maximum Gasteiger partial charge on any atom is 0.220 e. The van der Waals surface area contributed by atoms with Crippen LogP contribution in [0, 0.1) is 0 Å². The summed E-state index contributed by atoms with van der Waals surface area (Å²) in [5, 5.41) is 5.02. The van der Waals surface area contributed by atoms with Crippen LogP contribution in [-0.2, 0) is 9.59 Å². The molecule has 0 aliphatic rings. The van der Waals surface area contributed by atoms with E-state index in [0.29, 0.717) is 0 Å². The Morgan fingerprint density at radius 3 is 2.00 bits per heavy atom. The summed E-state index contributed by atoms with van der Waals surface area (Å²) in [4.78, 5) is 20.1. The monoisotopic (exact) mass is 266 g/mol. The van der Waals surface area contributed by atoms with Gasteiger partial charge >= 0.3 is 0 Å². The predicted octanol–water partition coefficient (Wildman–Crippen LogP) is 1.30. The highest BCUT2D eigenvalue weighted by atomic mass is 32.2. The molecule has 4 nitrogen and oxygen atoms in total. The summed E-state index contributed by atoms with van der Waals surface area (Å²) in [7, 11) is 0. The van der Waals surface area contributed by atoms with E-state index in [1.165, 1.54) is 20.0 Å². The third kappa shape index (κ3) is 37.7. The van der Waals surface area contributed by atoms with E-state index in [2.05, 4.69) is 29.8 Å². The van der Waals surface area contributed by atoms with Gasteiger partial charge in [0.2, 0.25) is 11.8 Å². The van der Waals surface area contributed by atoms with Crippen molar-refractivity contribution in [2.24, 2.45) is 0 Å². The lowest BCUT2D eigenvalue weighted by Gasteiger charge is -1.96. The first-order valence-electron chi connectivity index (χ1n) is 4.60. The van der Waals surface area contributed by atoms with E-state index in [1.54, 1.807) is 18.0 Å². The molecule has 0 aromatic carbocycles. The standard InChI is InChI=1S/C5H11NOS.C4H7NO.CH4S/c1-5(7)6-3-4-8-2;1-3-5-4(2)6;1-2/h3-4H2,1-2H3,(H,6,7);3H,1H2,2H3,(H,5,6);2H,1H3. The molecule has 0 aliphatic heterocycles. The minimum Gasteiger partial charge on any atom is -0.356 e. The van der Waals surface area contributed by atoms with E-state index in [0.717, 1.165) is 12.3 Å². The fourth-order valence-electron chi connectivity index (χ4n) is 0.473. The zero-order valence-corrected chi connectivity index (χ0v) is 12.1. The number of carbonyl (C=O) groups is 2. The first kappa shape index (κ1) is 20.8. The Labute approximate surface area is 108 Å². The van der Waals surface area contributed by atoms with Crippen LogP contribution in [0.2, 0.25) is 0 Å². The summed E-state index contributed by atoms with van der Waals surface area (Å²) in [5.74, 6) is 0.976. The van der Waals surface area contributed by atoms with Gasteiger partial charge in [-0.3, -0.25) is 9.59 Å². The summed E-state index contributed by atoms with van der Waals surface area (Å²) in [6.45, 7) is 7.02. The number of thioether (sulfide) groups is 1. The fourth-order valence-corrected chi connectivity index (χ4v) is 0.779. The molecule has 0 saturated carbocycles. The van der Waals surface area contributed by atoms with Crippen molar-refractivity contribution in [2.75, 3.05) is 24.8 Å². The third-order valence-corrected chi connectivity index (χ3v) is 1.60. The number of nitrogens with one attached hydrogen (secondary N) is 2. The van der Waals surface area contributed by atoms with Crippen molar-refractivity contribution in [1.82, 2.24) is 10.6 Å². The SMILES string of the molecule is C=CNC(C)=O.CS.CSCCNC(C)=O. The Bertz CT molecular complexity index is 188. The van der Waals surface area contributed by atoms with Gasteiger partial charge in [0.1, 0.15) is 0 Å². The van der Waals surface area contributed by atoms with E-state index < -0.39 is 0 Å². The zero-order chi connectivity index (χ0) is 13.4. The topological polar surface area (TPSA) is 58.2 Å². The quantitative estimate of drug-likeness (QED) is 0.531. The predicted molar refractivity (Wildman–Crippen MR) is 76.0 cm³/mol. The van der Waals surface area contributed by atoms with Gasteiger partial charge in [-0.2, -0.15) is 24.4 Å². The van der Waals surface area contributed by atoms with Gasteiger partial charge in [-0.25, -0.2) is 0 Å². The molecule has 0 aromatic heterocycles. The lowest BCUT2D eigenvalue weighted by atomic mass is 10.6. The molecular formula is C10H22N2O2S2. The average molecular weight is 266 g/mol. The van der Waals surface area contributed by atoms with Gasteiger partial charge in [-0.05, 0) is 18.7 Å². The first-order chi connectivity index (χ1) is 7.54. The minimum atomic E-state index is -0.0787. The molecule has 2 N–H and O–H groups in total. The van der Waals surface area contributed by atoms with Crippen LogP contribution >= 0.6 is 24.4 Å². The molecule has 0 spiro atoms. The molecule has 0 fully saturated rings. The number of rotatable bonds is 4. The highest BCUT2D eigenvalue weighted by molar-refractivity contribution is 7.98. The van der Waals surface area contributed by atoms with Crippen LogP contribution in [0.3, 0.4) is 0 Å². The lowest BCUT2D eigenvalue weighted by molar-refractivity contribution is -0.119. The van der Waals surface area contributed by atoms with Gasteiger partial charge in [0, 0.05) is 26.1 Å². The minimum absolute atomic E-state index is 0.0547. The van der Waals surface area contributed by atoms with Crippen molar-refractivity contribution in [1.29, 1.82) is 0 Å². The van der Waals surface area contributed by atoms with Crippen LogP contribution in [0.1, 0.15) is 13.8 Å². The van der Waals surface area contributed by atoms with E-state index in [9.17, 15) is 9.59 Å². The summed E-state index contributed by atoms with van der Waals surface area (Å²) < 4.78 is 0.